The number of hydrogen-bond donors (Lipinski definition) is 3. The number of amides is 3. The smallest absolute Gasteiger partial charge is 0.343 e. The Balaban J connectivity index is 1.38. The average molecular weight is 518 g/mol. The minimum absolute atomic E-state index is 0.00398. The fourth-order valence-electron chi connectivity index (χ4n) is 5.03. The zero-order valence-corrected chi connectivity index (χ0v) is 20.5. The summed E-state index contributed by atoms with van der Waals surface area (Å²) in [5.41, 5.74) is 0.477. The summed E-state index contributed by atoms with van der Waals surface area (Å²) in [6.07, 6.45) is 0.200. The Morgan fingerprint density at radius 3 is 2.41 bits per heavy atom. The van der Waals surface area contributed by atoms with Gasteiger partial charge in [0, 0.05) is 43.7 Å². The van der Waals surface area contributed by atoms with Gasteiger partial charge in [0.1, 0.15) is 0 Å². The van der Waals surface area contributed by atoms with Crippen LogP contribution < -0.4 is 16.0 Å². The first kappa shape index (κ1) is 26.6. The highest BCUT2D eigenvalue weighted by atomic mass is 19.4. The van der Waals surface area contributed by atoms with Gasteiger partial charge in [0.05, 0.1) is 29.5 Å². The topological polar surface area (TPSA) is 103 Å². The Hall–Kier alpha value is -3.47. The van der Waals surface area contributed by atoms with Gasteiger partial charge in [-0.2, -0.15) is 13.2 Å². The van der Waals surface area contributed by atoms with Crippen molar-refractivity contribution in [2.75, 3.05) is 25.0 Å². The number of pyridine rings is 1. The first-order chi connectivity index (χ1) is 17.6. The van der Waals surface area contributed by atoms with Gasteiger partial charge in [0.2, 0.25) is 11.8 Å². The Bertz CT molecular complexity index is 1140. The quantitative estimate of drug-likeness (QED) is 0.523. The van der Waals surface area contributed by atoms with Crippen LogP contribution in [0.1, 0.15) is 60.1 Å². The van der Waals surface area contributed by atoms with Gasteiger partial charge in [0.15, 0.2) is 0 Å². The monoisotopic (exact) mass is 517 g/mol. The second kappa shape index (κ2) is 11.3. The van der Waals surface area contributed by atoms with Crippen molar-refractivity contribution in [3.63, 3.8) is 0 Å². The average Bonchev–Trinajstić information content (AvgIpc) is 2.84. The summed E-state index contributed by atoms with van der Waals surface area (Å²) in [7, 11) is 0. The first-order valence-corrected chi connectivity index (χ1v) is 12.3. The molecule has 2 heterocycles. The molecular weight excluding hydrogens is 487 g/mol. The molecule has 2 aromatic rings. The lowest BCUT2D eigenvalue weighted by molar-refractivity contribution is -0.138. The van der Waals surface area contributed by atoms with E-state index in [1.165, 1.54) is 19.1 Å². The summed E-state index contributed by atoms with van der Waals surface area (Å²) in [5, 5.41) is 8.50. The molecule has 4 rings (SSSR count). The van der Waals surface area contributed by atoms with E-state index in [1.807, 2.05) is 11.0 Å². The van der Waals surface area contributed by atoms with E-state index in [-0.39, 0.29) is 41.9 Å². The molecule has 1 aliphatic heterocycles. The molecule has 1 saturated carbocycles. The zero-order chi connectivity index (χ0) is 26.6. The summed E-state index contributed by atoms with van der Waals surface area (Å²) in [6.45, 7) is 2.47. The van der Waals surface area contributed by atoms with Crippen LogP contribution in [0.5, 0.6) is 0 Å². The molecule has 0 atom stereocenters. The lowest BCUT2D eigenvalue weighted by atomic mass is 9.82. The number of benzene rings is 1. The molecule has 37 heavy (non-hydrogen) atoms. The van der Waals surface area contributed by atoms with Gasteiger partial charge < -0.3 is 20.9 Å². The van der Waals surface area contributed by atoms with Crippen LogP contribution in [0.3, 0.4) is 0 Å². The maximum Gasteiger partial charge on any atom is 0.416 e. The highest BCUT2D eigenvalue weighted by Crippen LogP contribution is 2.37. The third kappa shape index (κ3) is 6.46. The van der Waals surface area contributed by atoms with Crippen LogP contribution in [-0.2, 0) is 15.8 Å². The summed E-state index contributed by atoms with van der Waals surface area (Å²) in [5.74, 6) is -0.997. The van der Waals surface area contributed by atoms with Gasteiger partial charge in [-0.3, -0.25) is 19.4 Å². The van der Waals surface area contributed by atoms with Crippen LogP contribution in [0.2, 0.25) is 0 Å². The Morgan fingerprint density at radius 2 is 1.78 bits per heavy atom. The number of carbonyl (C=O) groups is 3. The van der Waals surface area contributed by atoms with Crippen molar-refractivity contribution >= 4 is 23.4 Å². The van der Waals surface area contributed by atoms with Crippen molar-refractivity contribution in [1.29, 1.82) is 0 Å². The lowest BCUT2D eigenvalue weighted by Crippen LogP contribution is -2.63. The predicted molar refractivity (Wildman–Crippen MR) is 131 cm³/mol. The van der Waals surface area contributed by atoms with E-state index in [1.54, 1.807) is 12.3 Å². The van der Waals surface area contributed by atoms with Gasteiger partial charge in [-0.25, -0.2) is 0 Å². The SMILES string of the molecule is CC(=O)Nc1cccnc1C1CCC(N(C(=O)CNC(=O)c2cccc(C(F)(F)F)c2)C2CNC2)CC1. The van der Waals surface area contributed by atoms with Gasteiger partial charge in [-0.15, -0.1) is 0 Å². The molecule has 3 N–H and O–H groups in total. The number of halogens is 3. The number of rotatable bonds is 7. The van der Waals surface area contributed by atoms with Crippen LogP contribution >= 0.6 is 0 Å². The third-order valence-corrected chi connectivity index (χ3v) is 6.92. The van der Waals surface area contributed by atoms with Crippen molar-refractivity contribution in [2.24, 2.45) is 0 Å². The van der Waals surface area contributed by atoms with Gasteiger partial charge in [-0.05, 0) is 56.0 Å². The van der Waals surface area contributed by atoms with E-state index in [4.69, 9.17) is 0 Å². The minimum Gasteiger partial charge on any atom is -0.343 e. The minimum atomic E-state index is -4.56. The van der Waals surface area contributed by atoms with Crippen LogP contribution in [0.4, 0.5) is 18.9 Å². The molecule has 0 radical (unpaired) electrons. The molecule has 1 aromatic heterocycles. The van der Waals surface area contributed by atoms with Crippen molar-refractivity contribution < 1.29 is 27.6 Å². The molecule has 8 nitrogen and oxygen atoms in total. The third-order valence-electron chi connectivity index (χ3n) is 6.92. The number of carbonyl (C=O) groups excluding carboxylic acids is 3. The van der Waals surface area contributed by atoms with Crippen molar-refractivity contribution in [1.82, 2.24) is 20.5 Å². The van der Waals surface area contributed by atoms with Crippen molar-refractivity contribution in [3.05, 3.63) is 59.4 Å². The van der Waals surface area contributed by atoms with E-state index >= 15 is 0 Å². The Labute approximate surface area is 213 Å². The number of nitrogens with zero attached hydrogens (tertiary/aromatic N) is 2. The molecule has 1 saturated heterocycles. The Morgan fingerprint density at radius 1 is 1.05 bits per heavy atom. The number of aromatic nitrogens is 1. The molecule has 2 aliphatic rings. The number of nitrogens with one attached hydrogen (secondary N) is 3. The molecule has 1 aliphatic carbocycles. The molecule has 2 fully saturated rings. The van der Waals surface area contributed by atoms with E-state index in [0.29, 0.717) is 18.8 Å². The number of alkyl halides is 3. The molecule has 0 spiro atoms. The highest BCUT2D eigenvalue weighted by molar-refractivity contribution is 5.96. The second-order valence-electron chi connectivity index (χ2n) is 9.50. The number of anilines is 1. The first-order valence-electron chi connectivity index (χ1n) is 12.3. The summed E-state index contributed by atoms with van der Waals surface area (Å²) in [4.78, 5) is 43.6. The van der Waals surface area contributed by atoms with Gasteiger partial charge in [0.25, 0.3) is 5.91 Å². The summed E-state index contributed by atoms with van der Waals surface area (Å²) < 4.78 is 39.0. The fourth-order valence-corrected chi connectivity index (χ4v) is 5.03. The van der Waals surface area contributed by atoms with Gasteiger partial charge >= 0.3 is 6.18 Å². The fraction of sp³-hybridized carbons (Fsp3) is 0.462. The highest BCUT2D eigenvalue weighted by Gasteiger charge is 2.37. The van der Waals surface area contributed by atoms with Gasteiger partial charge in [-0.1, -0.05) is 6.07 Å². The predicted octanol–water partition coefficient (Wildman–Crippen LogP) is 3.32. The van der Waals surface area contributed by atoms with Crippen LogP contribution in [0.15, 0.2) is 42.6 Å². The maximum atomic E-state index is 13.2. The van der Waals surface area contributed by atoms with Crippen LogP contribution in [-0.4, -0.2) is 59.3 Å². The Kier molecular flexibility index (Phi) is 8.11. The normalized spacial score (nSPS) is 20.0. The molecule has 0 bridgehead atoms. The van der Waals surface area contributed by atoms with Crippen molar-refractivity contribution in [3.8, 4) is 0 Å². The standard InChI is InChI=1S/C26H30F3N5O3/c1-16(35)33-22-6-3-11-31-24(22)17-7-9-20(10-8-17)34(21-13-30-14-21)23(36)15-32-25(37)18-4-2-5-19(12-18)26(27,28)29/h2-6,11-12,17,20-21,30H,7-10,13-15H2,1H3,(H,32,37)(H,33,35). The summed E-state index contributed by atoms with van der Waals surface area (Å²) in [6, 6.07) is 7.73. The summed E-state index contributed by atoms with van der Waals surface area (Å²) >= 11 is 0. The molecule has 198 valence electrons. The molecule has 1 aromatic carbocycles. The lowest BCUT2D eigenvalue weighted by Gasteiger charge is -2.45. The van der Waals surface area contributed by atoms with E-state index < -0.39 is 17.6 Å². The zero-order valence-electron chi connectivity index (χ0n) is 20.5. The van der Waals surface area contributed by atoms with Crippen molar-refractivity contribution in [2.45, 2.75) is 56.8 Å². The molecular formula is C26H30F3N5O3. The van der Waals surface area contributed by atoms with E-state index in [0.717, 1.165) is 43.5 Å². The molecule has 0 unspecified atom stereocenters. The van der Waals surface area contributed by atoms with E-state index in [2.05, 4.69) is 20.9 Å². The van der Waals surface area contributed by atoms with Crippen LogP contribution in [0.25, 0.3) is 0 Å². The van der Waals surface area contributed by atoms with Crippen LogP contribution in [0, 0.1) is 0 Å². The maximum absolute atomic E-state index is 13.2. The van der Waals surface area contributed by atoms with E-state index in [9.17, 15) is 27.6 Å². The second-order valence-corrected chi connectivity index (χ2v) is 9.50. The molecule has 11 heteroatoms. The largest absolute Gasteiger partial charge is 0.416 e. The number of hydrogen-bond acceptors (Lipinski definition) is 5. The molecule has 3 amide bonds.